The van der Waals surface area contributed by atoms with E-state index in [0.717, 1.165) is 6.92 Å². The fourth-order valence-corrected chi connectivity index (χ4v) is 2.03. The van der Waals surface area contributed by atoms with Gasteiger partial charge in [-0.25, -0.2) is 4.39 Å². The van der Waals surface area contributed by atoms with E-state index in [1.807, 2.05) is 14.1 Å². The van der Waals surface area contributed by atoms with Crippen LogP contribution in [0.3, 0.4) is 0 Å². The third-order valence-electron chi connectivity index (χ3n) is 3.23. The summed E-state index contributed by atoms with van der Waals surface area (Å²) in [7, 11) is -3.86. The van der Waals surface area contributed by atoms with Gasteiger partial charge in [-0.05, 0) is 20.5 Å². The molecular weight excluding hydrogens is 485 g/mol. The van der Waals surface area contributed by atoms with Gasteiger partial charge < -0.3 is 5.32 Å². The number of halogens is 13. The molecule has 0 saturated carbocycles. The third-order valence-corrected chi connectivity index (χ3v) is 4.13. The van der Waals surface area contributed by atoms with Gasteiger partial charge in [0.05, 0.1) is 0 Å². The van der Waals surface area contributed by atoms with Crippen molar-refractivity contribution in [3.8, 4) is 0 Å². The van der Waals surface area contributed by atoms with Gasteiger partial charge in [0, 0.05) is 0 Å². The van der Waals surface area contributed by atoms with Crippen LogP contribution in [0.4, 0.5) is 57.1 Å². The van der Waals surface area contributed by atoms with E-state index < -0.39 is 64.0 Å². The van der Waals surface area contributed by atoms with Gasteiger partial charge in [-0.15, -0.1) is 0 Å². The first kappa shape index (κ1) is 31.1. The molecule has 0 bridgehead atoms. The molecule has 184 valence electrons. The lowest BCUT2D eigenvalue weighted by atomic mass is 9.91. The summed E-state index contributed by atoms with van der Waals surface area (Å²) in [6.07, 6.45) is -6.65. The first-order valence-corrected chi connectivity index (χ1v) is 8.80. The molecule has 0 aromatic carbocycles. The molecule has 0 fully saturated rings. The predicted molar refractivity (Wildman–Crippen MR) is 76.0 cm³/mol. The van der Waals surface area contributed by atoms with Crippen LogP contribution in [-0.4, -0.2) is 68.1 Å². The molecule has 18 heteroatoms. The second-order valence-corrected chi connectivity index (χ2v) is 7.13. The average Bonchev–Trinajstić information content (AvgIpc) is 2.53. The Hall–Kier alpha value is -1.04. The van der Waals surface area contributed by atoms with E-state index in [0.29, 0.717) is 0 Å². The molecule has 0 heterocycles. The zero-order valence-electron chi connectivity index (χ0n) is 15.1. The topological polar surface area (TPSA) is 66.4 Å². The van der Waals surface area contributed by atoms with Crippen molar-refractivity contribution in [1.82, 2.24) is 5.32 Å². The van der Waals surface area contributed by atoms with Crippen LogP contribution in [0.2, 0.25) is 0 Å². The summed E-state index contributed by atoms with van der Waals surface area (Å²) in [5.41, 5.74) is 0. The molecule has 0 radical (unpaired) electrons. The smallest absolute Gasteiger partial charge is 0.323 e. The highest BCUT2D eigenvalue weighted by atomic mass is 32.2. The maximum atomic E-state index is 13.3. The number of rotatable bonds is 9. The van der Waals surface area contributed by atoms with E-state index in [1.165, 1.54) is 0 Å². The van der Waals surface area contributed by atoms with E-state index in [4.69, 9.17) is 4.55 Å². The molecule has 0 saturated heterocycles. The SMILES string of the molecule is CCCC(F)C(F)(F)C(F)(F)C(F)(F)C(F)(F)C(F)(F)C(F)(F)S(=O)(=O)O.CNC. The maximum Gasteiger partial charge on any atom is 0.438 e. The highest BCUT2D eigenvalue weighted by Crippen LogP contribution is 2.61. The van der Waals surface area contributed by atoms with Crippen molar-refractivity contribution in [2.24, 2.45) is 0 Å². The van der Waals surface area contributed by atoms with E-state index in [-0.39, 0.29) is 0 Å². The van der Waals surface area contributed by atoms with Gasteiger partial charge in [0.15, 0.2) is 6.17 Å². The molecule has 0 rings (SSSR count). The van der Waals surface area contributed by atoms with Crippen molar-refractivity contribution in [3.63, 3.8) is 0 Å². The summed E-state index contributed by atoms with van der Waals surface area (Å²) in [5, 5.41) is -4.75. The van der Waals surface area contributed by atoms with Crippen LogP contribution in [0.1, 0.15) is 19.8 Å². The van der Waals surface area contributed by atoms with Gasteiger partial charge >= 0.3 is 45.0 Å². The minimum Gasteiger partial charge on any atom is -0.323 e. The average molecular weight is 501 g/mol. The van der Waals surface area contributed by atoms with Crippen LogP contribution in [0.5, 0.6) is 0 Å². The summed E-state index contributed by atoms with van der Waals surface area (Å²) in [4.78, 5) is 0. The molecule has 1 atom stereocenters. The lowest BCUT2D eigenvalue weighted by Crippen LogP contribution is -2.72. The normalized spacial score (nSPS) is 16.0. The molecule has 4 nitrogen and oxygen atoms in total. The number of nitrogens with one attached hydrogen (secondary N) is 1. The van der Waals surface area contributed by atoms with Crippen molar-refractivity contribution in [1.29, 1.82) is 0 Å². The lowest BCUT2D eigenvalue weighted by Gasteiger charge is -2.41. The van der Waals surface area contributed by atoms with Gasteiger partial charge in [-0.3, -0.25) is 4.55 Å². The van der Waals surface area contributed by atoms with Crippen LogP contribution >= 0.6 is 0 Å². The molecule has 0 aliphatic rings. The van der Waals surface area contributed by atoms with Crippen molar-refractivity contribution in [3.05, 3.63) is 0 Å². The van der Waals surface area contributed by atoms with E-state index in [2.05, 4.69) is 5.32 Å². The molecule has 0 amide bonds. The Morgan fingerprint density at radius 2 is 1.07 bits per heavy atom. The molecule has 0 aromatic heterocycles. The fourth-order valence-electron chi connectivity index (χ4n) is 1.58. The summed E-state index contributed by atoms with van der Waals surface area (Å²) < 4.78 is 198. The quantitative estimate of drug-likeness (QED) is 0.358. The standard InChI is InChI=1S/C10H9F13O3S.C2H7N/c1-2-3-4(11)5(12,13)6(14,15)7(16,17)8(18,19)9(20,21)10(22,23)27(24,25)26;1-3-2/h4H,2-3H2,1H3,(H,24,25,26);3H,1-2H3. The van der Waals surface area contributed by atoms with Crippen molar-refractivity contribution >= 4 is 10.1 Å². The molecular formula is C12H16F13NO3S. The first-order chi connectivity index (χ1) is 12.9. The number of hydrogen-bond acceptors (Lipinski definition) is 3. The van der Waals surface area contributed by atoms with Gasteiger partial charge in [0.2, 0.25) is 0 Å². The third kappa shape index (κ3) is 4.73. The maximum absolute atomic E-state index is 13.3. The monoisotopic (exact) mass is 501 g/mol. The van der Waals surface area contributed by atoms with Crippen molar-refractivity contribution in [2.45, 2.75) is 60.8 Å². The summed E-state index contributed by atoms with van der Waals surface area (Å²) >= 11 is 0. The Bertz CT molecular complexity index is 666. The van der Waals surface area contributed by atoms with Gasteiger partial charge in [-0.1, -0.05) is 13.3 Å². The van der Waals surface area contributed by atoms with Crippen molar-refractivity contribution in [2.75, 3.05) is 14.1 Å². The summed E-state index contributed by atoms with van der Waals surface area (Å²) in [6, 6.07) is 0. The van der Waals surface area contributed by atoms with E-state index in [9.17, 15) is 65.5 Å². The lowest BCUT2D eigenvalue weighted by molar-refractivity contribution is -0.421. The molecule has 0 spiro atoms. The Balaban J connectivity index is 0. The first-order valence-electron chi connectivity index (χ1n) is 7.36. The van der Waals surface area contributed by atoms with E-state index >= 15 is 0 Å². The molecule has 0 aromatic rings. The van der Waals surface area contributed by atoms with E-state index in [1.54, 1.807) is 0 Å². The molecule has 0 aliphatic heterocycles. The number of alkyl halides is 13. The second-order valence-electron chi connectivity index (χ2n) is 5.67. The molecule has 2 N–H and O–H groups in total. The Labute approximate surface area is 161 Å². The van der Waals surface area contributed by atoms with Crippen LogP contribution in [0.25, 0.3) is 0 Å². The van der Waals surface area contributed by atoms with Crippen LogP contribution in [0, 0.1) is 0 Å². The summed E-state index contributed by atoms with van der Waals surface area (Å²) in [5.74, 6) is -38.7. The van der Waals surface area contributed by atoms with Crippen LogP contribution < -0.4 is 5.32 Å². The molecule has 30 heavy (non-hydrogen) atoms. The Morgan fingerprint density at radius 1 is 0.767 bits per heavy atom. The second kappa shape index (κ2) is 9.22. The highest BCUT2D eigenvalue weighted by Gasteiger charge is 2.92. The number of hydrogen-bond donors (Lipinski definition) is 2. The predicted octanol–water partition coefficient (Wildman–Crippen LogP) is 4.62. The Morgan fingerprint density at radius 3 is 1.33 bits per heavy atom. The minimum absolute atomic E-state index is 0.730. The molecule has 0 aliphatic carbocycles. The zero-order valence-corrected chi connectivity index (χ0v) is 15.9. The van der Waals surface area contributed by atoms with Gasteiger partial charge in [-0.2, -0.15) is 61.1 Å². The highest BCUT2D eigenvalue weighted by molar-refractivity contribution is 7.87. The van der Waals surface area contributed by atoms with Crippen LogP contribution in [0.15, 0.2) is 0 Å². The van der Waals surface area contributed by atoms with Gasteiger partial charge in [0.1, 0.15) is 0 Å². The fraction of sp³-hybridized carbons (Fsp3) is 1.00. The minimum atomic E-state index is -8.20. The van der Waals surface area contributed by atoms with Crippen LogP contribution in [-0.2, 0) is 10.1 Å². The zero-order chi connectivity index (χ0) is 25.2. The molecule has 1 unspecified atom stereocenters. The Kier molecular flexibility index (Phi) is 9.57. The summed E-state index contributed by atoms with van der Waals surface area (Å²) in [6.45, 7) is 0.856. The van der Waals surface area contributed by atoms with Crippen molar-refractivity contribution < 1.29 is 70.0 Å². The largest absolute Gasteiger partial charge is 0.438 e. The van der Waals surface area contributed by atoms with Gasteiger partial charge in [0.25, 0.3) is 0 Å².